The molecule has 1 heterocycles. The molecule has 0 fully saturated rings. The van der Waals surface area contributed by atoms with Crippen LogP contribution in [0.25, 0.3) is 0 Å². The summed E-state index contributed by atoms with van der Waals surface area (Å²) in [5.74, 6) is 0. The van der Waals surface area contributed by atoms with Crippen LogP contribution in [0.5, 0.6) is 0 Å². The van der Waals surface area contributed by atoms with E-state index in [4.69, 9.17) is 0 Å². The molecule has 0 bridgehead atoms. The van der Waals surface area contributed by atoms with Crippen LogP contribution >= 0.6 is 0 Å². The fourth-order valence-corrected chi connectivity index (χ4v) is 1.70. The Balaban J connectivity index is 2.02. The van der Waals surface area contributed by atoms with Crippen LogP contribution < -0.4 is 5.32 Å². The Labute approximate surface area is 90.7 Å². The Kier molecular flexibility index (Phi) is 2.86. The minimum Gasteiger partial charge on any atom is -0.377 e. The Morgan fingerprint density at radius 1 is 1.60 bits per heavy atom. The molecule has 1 aliphatic heterocycles. The van der Waals surface area contributed by atoms with Gasteiger partial charge in [-0.2, -0.15) is 0 Å². The fourth-order valence-electron chi connectivity index (χ4n) is 1.70. The molecule has 2 heteroatoms. The second-order valence-corrected chi connectivity index (χ2v) is 3.81. The molecule has 0 unspecified atom stereocenters. The van der Waals surface area contributed by atoms with Gasteiger partial charge in [0.2, 0.25) is 0 Å². The predicted octanol–water partition coefficient (Wildman–Crippen LogP) is 3.02. The normalized spacial score (nSPS) is 18.9. The van der Waals surface area contributed by atoms with Gasteiger partial charge in [0.1, 0.15) is 0 Å². The van der Waals surface area contributed by atoms with Gasteiger partial charge in [0.15, 0.2) is 0 Å². The van der Waals surface area contributed by atoms with Crippen LogP contribution in [-0.4, -0.2) is 12.3 Å². The van der Waals surface area contributed by atoms with Crippen molar-refractivity contribution >= 4 is 11.9 Å². The van der Waals surface area contributed by atoms with Crippen LogP contribution in [0.1, 0.15) is 18.9 Å². The second kappa shape index (κ2) is 4.30. The first-order chi connectivity index (χ1) is 7.29. The van der Waals surface area contributed by atoms with Crippen molar-refractivity contribution in [3.05, 3.63) is 42.1 Å². The summed E-state index contributed by atoms with van der Waals surface area (Å²) in [6.45, 7) is 5.92. The van der Waals surface area contributed by atoms with Gasteiger partial charge in [-0.1, -0.05) is 31.7 Å². The molecule has 0 saturated carbocycles. The molecule has 0 spiro atoms. The van der Waals surface area contributed by atoms with Crippen molar-refractivity contribution < 1.29 is 0 Å². The third-order valence-corrected chi connectivity index (χ3v) is 2.64. The van der Waals surface area contributed by atoms with E-state index in [1.54, 1.807) is 0 Å². The molecule has 0 aliphatic carbocycles. The number of nitrogens with zero attached hydrogens (tertiary/aromatic N) is 1. The summed E-state index contributed by atoms with van der Waals surface area (Å²) >= 11 is 0. The van der Waals surface area contributed by atoms with Crippen LogP contribution in [0.4, 0.5) is 5.69 Å². The van der Waals surface area contributed by atoms with Gasteiger partial charge in [-0.05, 0) is 24.5 Å². The number of para-hydroxylation sites is 1. The maximum absolute atomic E-state index is 4.33. The molecule has 2 nitrogen and oxygen atoms in total. The van der Waals surface area contributed by atoms with Crippen LogP contribution in [0.3, 0.4) is 0 Å². The summed E-state index contributed by atoms with van der Waals surface area (Å²) < 4.78 is 0. The van der Waals surface area contributed by atoms with Crippen molar-refractivity contribution in [3.8, 4) is 0 Å². The zero-order chi connectivity index (χ0) is 10.7. The highest BCUT2D eigenvalue weighted by molar-refractivity contribution is 5.75. The predicted molar refractivity (Wildman–Crippen MR) is 65.5 cm³/mol. The Hall–Kier alpha value is -1.57. The molecule has 1 atom stereocenters. The monoisotopic (exact) mass is 200 g/mol. The van der Waals surface area contributed by atoms with Crippen molar-refractivity contribution in [1.82, 2.24) is 0 Å². The summed E-state index contributed by atoms with van der Waals surface area (Å²) in [7, 11) is 0. The third kappa shape index (κ3) is 2.27. The number of fused-ring (bicyclic) bond motifs is 1. The van der Waals surface area contributed by atoms with Gasteiger partial charge in [-0.3, -0.25) is 4.99 Å². The molecule has 2 rings (SSSR count). The van der Waals surface area contributed by atoms with Gasteiger partial charge in [0, 0.05) is 17.6 Å². The molecule has 1 N–H and O–H groups in total. The number of anilines is 1. The lowest BCUT2D eigenvalue weighted by molar-refractivity contribution is 0.975. The molecule has 0 aromatic heterocycles. The van der Waals surface area contributed by atoms with Gasteiger partial charge in [0.05, 0.1) is 6.04 Å². The van der Waals surface area contributed by atoms with E-state index in [-0.39, 0.29) is 0 Å². The van der Waals surface area contributed by atoms with Crippen LogP contribution in [0.2, 0.25) is 0 Å². The zero-order valence-electron chi connectivity index (χ0n) is 9.03. The topological polar surface area (TPSA) is 24.4 Å². The first-order valence-electron chi connectivity index (χ1n) is 5.36. The van der Waals surface area contributed by atoms with Crippen molar-refractivity contribution in [2.24, 2.45) is 4.99 Å². The largest absolute Gasteiger partial charge is 0.377 e. The highest BCUT2D eigenvalue weighted by Crippen LogP contribution is 2.24. The molecule has 0 radical (unpaired) electrons. The van der Waals surface area contributed by atoms with E-state index in [1.165, 1.54) is 11.3 Å². The Bertz CT molecular complexity index is 368. The fraction of sp³-hybridized carbons (Fsp3) is 0.308. The van der Waals surface area contributed by atoms with Gasteiger partial charge < -0.3 is 5.32 Å². The maximum Gasteiger partial charge on any atom is 0.0657 e. The maximum atomic E-state index is 4.33. The van der Waals surface area contributed by atoms with Gasteiger partial charge in [-0.25, -0.2) is 0 Å². The summed E-state index contributed by atoms with van der Waals surface area (Å²) in [5, 5.41) is 3.42. The molecule has 78 valence electrons. The van der Waals surface area contributed by atoms with E-state index in [0.29, 0.717) is 6.04 Å². The van der Waals surface area contributed by atoms with Crippen LogP contribution in [0.15, 0.2) is 41.5 Å². The van der Waals surface area contributed by atoms with E-state index in [9.17, 15) is 0 Å². The Morgan fingerprint density at radius 2 is 2.40 bits per heavy atom. The molecular formula is C13H16N2. The number of rotatable bonds is 3. The van der Waals surface area contributed by atoms with E-state index in [0.717, 1.165) is 18.5 Å². The van der Waals surface area contributed by atoms with Crippen molar-refractivity contribution in [2.45, 2.75) is 25.8 Å². The molecular weight excluding hydrogens is 184 g/mol. The highest BCUT2D eigenvalue weighted by atomic mass is 15.0. The van der Waals surface area contributed by atoms with Crippen molar-refractivity contribution in [3.63, 3.8) is 0 Å². The lowest BCUT2D eigenvalue weighted by Gasteiger charge is -2.04. The third-order valence-electron chi connectivity index (χ3n) is 2.64. The minimum atomic E-state index is 0.325. The summed E-state index contributed by atoms with van der Waals surface area (Å²) in [6, 6.07) is 8.72. The summed E-state index contributed by atoms with van der Waals surface area (Å²) in [4.78, 5) is 4.33. The lowest BCUT2D eigenvalue weighted by Crippen LogP contribution is -2.16. The molecule has 1 aliphatic rings. The molecule has 0 amide bonds. The molecule has 15 heavy (non-hydrogen) atoms. The van der Waals surface area contributed by atoms with Gasteiger partial charge in [-0.15, -0.1) is 0 Å². The number of benzene rings is 1. The summed E-state index contributed by atoms with van der Waals surface area (Å²) in [5.41, 5.74) is 3.54. The molecule has 1 aromatic carbocycles. The minimum absolute atomic E-state index is 0.325. The Morgan fingerprint density at radius 3 is 3.13 bits per heavy atom. The van der Waals surface area contributed by atoms with Gasteiger partial charge in [0.25, 0.3) is 0 Å². The SMILES string of the molecule is C=C(CC)/N=C\[C@@H]1Cc2ccccc2N1. The van der Waals surface area contributed by atoms with Crippen molar-refractivity contribution in [1.29, 1.82) is 0 Å². The van der Waals surface area contributed by atoms with Gasteiger partial charge >= 0.3 is 0 Å². The number of aliphatic imine (C=N–C) groups is 1. The lowest BCUT2D eigenvalue weighted by atomic mass is 10.1. The van der Waals surface area contributed by atoms with E-state index >= 15 is 0 Å². The average Bonchev–Trinajstić information content (AvgIpc) is 2.68. The standard InChI is InChI=1S/C13H16N2/c1-3-10(2)14-9-12-8-11-6-4-5-7-13(11)15-12/h4-7,9,12,15H,2-3,8H2,1H3/b14-9-/t12-/m0/s1. The summed E-state index contributed by atoms with van der Waals surface area (Å²) in [6.07, 6.45) is 3.90. The smallest absolute Gasteiger partial charge is 0.0657 e. The number of nitrogens with one attached hydrogen (secondary N) is 1. The number of allylic oxidation sites excluding steroid dienone is 1. The van der Waals surface area contributed by atoms with Crippen LogP contribution in [0, 0.1) is 0 Å². The quantitative estimate of drug-likeness (QED) is 0.745. The number of hydrogen-bond acceptors (Lipinski definition) is 2. The zero-order valence-corrected chi connectivity index (χ0v) is 9.03. The molecule has 0 saturated heterocycles. The van der Waals surface area contributed by atoms with Crippen LogP contribution in [-0.2, 0) is 6.42 Å². The van der Waals surface area contributed by atoms with E-state index < -0.39 is 0 Å². The van der Waals surface area contributed by atoms with E-state index in [2.05, 4.69) is 48.1 Å². The number of hydrogen-bond donors (Lipinski definition) is 1. The highest BCUT2D eigenvalue weighted by Gasteiger charge is 2.17. The first kappa shape index (κ1) is 9.97. The first-order valence-corrected chi connectivity index (χ1v) is 5.36. The average molecular weight is 200 g/mol. The van der Waals surface area contributed by atoms with E-state index in [1.807, 2.05) is 6.21 Å². The molecule has 1 aromatic rings. The van der Waals surface area contributed by atoms with Crippen molar-refractivity contribution in [2.75, 3.05) is 5.32 Å². The second-order valence-electron chi connectivity index (χ2n) is 3.81.